The lowest BCUT2D eigenvalue weighted by atomic mass is 10.2. The first kappa shape index (κ1) is 15.6. The fourth-order valence-corrected chi connectivity index (χ4v) is 2.11. The predicted octanol–water partition coefficient (Wildman–Crippen LogP) is 3.30. The number of nitrogens with zero attached hydrogens (tertiary/aromatic N) is 1. The molecule has 0 aliphatic rings. The van der Waals surface area contributed by atoms with Crippen molar-refractivity contribution in [3.8, 4) is 11.5 Å². The fraction of sp³-hybridized carbons (Fsp3) is 0.176. The molecule has 0 fully saturated rings. The van der Waals surface area contributed by atoms with Crippen LogP contribution in [0.4, 0.5) is 5.69 Å². The summed E-state index contributed by atoms with van der Waals surface area (Å²) in [6.45, 7) is 2.80. The van der Waals surface area contributed by atoms with Gasteiger partial charge in [0, 0.05) is 18.7 Å². The van der Waals surface area contributed by atoms with Crippen LogP contribution in [0, 0.1) is 0 Å². The van der Waals surface area contributed by atoms with Crippen molar-refractivity contribution in [2.45, 2.75) is 19.9 Å². The van der Waals surface area contributed by atoms with Crippen LogP contribution in [-0.2, 0) is 9.59 Å². The highest BCUT2D eigenvalue weighted by atomic mass is 16.5. The number of hydrogen-bond acceptors (Lipinski definition) is 3. The van der Waals surface area contributed by atoms with Gasteiger partial charge in [0.1, 0.15) is 17.5 Å². The van der Waals surface area contributed by atoms with E-state index in [0.29, 0.717) is 17.2 Å². The fourth-order valence-electron chi connectivity index (χ4n) is 2.11. The number of carbonyl (C=O) groups is 2. The summed E-state index contributed by atoms with van der Waals surface area (Å²) in [5.41, 5.74) is 0.482. The number of benzene rings is 2. The molecule has 5 nitrogen and oxygen atoms in total. The summed E-state index contributed by atoms with van der Waals surface area (Å²) in [5, 5.41) is 9.14. The topological polar surface area (TPSA) is 66.8 Å². The minimum atomic E-state index is -1.07. The van der Waals surface area contributed by atoms with Crippen LogP contribution in [0.5, 0.6) is 11.5 Å². The number of hydrogen-bond donors (Lipinski definition) is 1. The molecule has 1 unspecified atom stereocenters. The third-order valence-electron chi connectivity index (χ3n) is 3.16. The van der Waals surface area contributed by atoms with Gasteiger partial charge in [-0.15, -0.1) is 0 Å². The zero-order chi connectivity index (χ0) is 16.1. The largest absolute Gasteiger partial charge is 0.480 e. The summed E-state index contributed by atoms with van der Waals surface area (Å²) in [4.78, 5) is 24.2. The average Bonchev–Trinajstić information content (AvgIpc) is 2.48. The van der Waals surface area contributed by atoms with Crippen molar-refractivity contribution in [1.29, 1.82) is 0 Å². The van der Waals surface area contributed by atoms with Crippen LogP contribution in [0.2, 0.25) is 0 Å². The second kappa shape index (κ2) is 6.76. The van der Waals surface area contributed by atoms with Crippen molar-refractivity contribution < 1.29 is 19.4 Å². The molecule has 0 heterocycles. The third-order valence-corrected chi connectivity index (χ3v) is 3.16. The Bertz CT molecular complexity index is 669. The monoisotopic (exact) mass is 299 g/mol. The molecule has 2 aromatic rings. The Morgan fingerprint density at radius 3 is 2.27 bits per heavy atom. The highest BCUT2D eigenvalue weighted by Crippen LogP contribution is 2.27. The van der Waals surface area contributed by atoms with Crippen molar-refractivity contribution in [1.82, 2.24) is 0 Å². The van der Waals surface area contributed by atoms with Gasteiger partial charge >= 0.3 is 5.97 Å². The first-order valence-electron chi connectivity index (χ1n) is 6.84. The van der Waals surface area contributed by atoms with Crippen LogP contribution in [-0.4, -0.2) is 23.0 Å². The Morgan fingerprint density at radius 1 is 1.05 bits per heavy atom. The van der Waals surface area contributed by atoms with Crippen molar-refractivity contribution in [2.24, 2.45) is 0 Å². The Labute approximate surface area is 128 Å². The number of carboxylic acid groups (broad SMARTS) is 1. The number of carboxylic acids is 1. The van der Waals surface area contributed by atoms with Gasteiger partial charge in [-0.05, 0) is 31.2 Å². The number of carbonyl (C=O) groups excluding carboxylic acids is 1. The first-order valence-corrected chi connectivity index (χ1v) is 6.84. The summed E-state index contributed by atoms with van der Waals surface area (Å²) in [6.07, 6.45) is 0. The molecule has 5 heteroatoms. The molecule has 22 heavy (non-hydrogen) atoms. The highest BCUT2D eigenvalue weighted by Gasteiger charge is 2.24. The van der Waals surface area contributed by atoms with E-state index >= 15 is 0 Å². The number of aliphatic carboxylic acids is 1. The van der Waals surface area contributed by atoms with Crippen LogP contribution in [0.15, 0.2) is 54.6 Å². The van der Waals surface area contributed by atoms with Gasteiger partial charge in [0.15, 0.2) is 0 Å². The molecule has 2 aromatic carbocycles. The number of amides is 1. The molecule has 1 atom stereocenters. The van der Waals surface area contributed by atoms with Crippen LogP contribution >= 0.6 is 0 Å². The maximum absolute atomic E-state index is 11.8. The Morgan fingerprint density at radius 2 is 1.68 bits per heavy atom. The van der Waals surface area contributed by atoms with E-state index in [1.165, 1.54) is 18.7 Å². The maximum Gasteiger partial charge on any atom is 0.326 e. The Hall–Kier alpha value is -2.82. The summed E-state index contributed by atoms with van der Waals surface area (Å²) >= 11 is 0. The van der Waals surface area contributed by atoms with E-state index < -0.39 is 12.0 Å². The van der Waals surface area contributed by atoms with E-state index in [-0.39, 0.29) is 5.91 Å². The van der Waals surface area contributed by atoms with Gasteiger partial charge in [-0.25, -0.2) is 4.79 Å². The molecule has 1 amide bonds. The molecule has 0 radical (unpaired) electrons. The van der Waals surface area contributed by atoms with Gasteiger partial charge in [0.25, 0.3) is 0 Å². The van der Waals surface area contributed by atoms with Crippen molar-refractivity contribution in [3.63, 3.8) is 0 Å². The number of rotatable bonds is 5. The zero-order valence-electron chi connectivity index (χ0n) is 12.4. The van der Waals surface area contributed by atoms with Gasteiger partial charge in [-0.3, -0.25) is 9.69 Å². The number of para-hydroxylation sites is 1. The average molecular weight is 299 g/mol. The second-order valence-corrected chi connectivity index (χ2v) is 4.82. The quantitative estimate of drug-likeness (QED) is 0.919. The van der Waals surface area contributed by atoms with E-state index in [9.17, 15) is 9.59 Å². The molecule has 0 aliphatic carbocycles. The molecule has 0 aromatic heterocycles. The number of ether oxygens (including phenoxy) is 1. The summed E-state index contributed by atoms with van der Waals surface area (Å²) in [6, 6.07) is 15.1. The maximum atomic E-state index is 11.8. The lowest BCUT2D eigenvalue weighted by Crippen LogP contribution is -2.42. The Balaban J connectivity index is 2.29. The molecular formula is C17H17NO4. The van der Waals surface area contributed by atoms with E-state index in [4.69, 9.17) is 9.84 Å². The minimum Gasteiger partial charge on any atom is -0.480 e. The molecule has 0 saturated carbocycles. The minimum absolute atomic E-state index is 0.341. The zero-order valence-corrected chi connectivity index (χ0v) is 12.4. The summed E-state index contributed by atoms with van der Waals surface area (Å²) in [5.74, 6) is -0.204. The smallest absolute Gasteiger partial charge is 0.326 e. The molecule has 114 valence electrons. The van der Waals surface area contributed by atoms with Crippen molar-refractivity contribution in [3.05, 3.63) is 54.6 Å². The predicted molar refractivity (Wildman–Crippen MR) is 83.2 cm³/mol. The van der Waals surface area contributed by atoms with Crippen LogP contribution in [0.25, 0.3) is 0 Å². The van der Waals surface area contributed by atoms with Crippen molar-refractivity contribution >= 4 is 17.6 Å². The summed E-state index contributed by atoms with van der Waals surface area (Å²) < 4.78 is 5.70. The van der Waals surface area contributed by atoms with Crippen LogP contribution in [0.3, 0.4) is 0 Å². The molecule has 0 aliphatic heterocycles. The third kappa shape index (κ3) is 3.63. The first-order chi connectivity index (χ1) is 10.5. The molecular weight excluding hydrogens is 282 g/mol. The van der Waals surface area contributed by atoms with Gasteiger partial charge in [-0.1, -0.05) is 24.3 Å². The van der Waals surface area contributed by atoms with Gasteiger partial charge < -0.3 is 9.84 Å². The van der Waals surface area contributed by atoms with Gasteiger partial charge in [0.05, 0.1) is 0 Å². The lowest BCUT2D eigenvalue weighted by Gasteiger charge is -2.25. The molecule has 0 spiro atoms. The summed E-state index contributed by atoms with van der Waals surface area (Å²) in [7, 11) is 0. The number of anilines is 1. The normalized spacial score (nSPS) is 11.5. The van der Waals surface area contributed by atoms with Crippen molar-refractivity contribution in [2.75, 3.05) is 4.90 Å². The van der Waals surface area contributed by atoms with E-state index in [2.05, 4.69) is 0 Å². The molecule has 2 rings (SSSR count). The SMILES string of the molecule is CC(=O)N(c1cccc(Oc2ccccc2)c1)C(C)C(=O)O. The van der Waals surface area contributed by atoms with Gasteiger partial charge in [0.2, 0.25) is 5.91 Å². The second-order valence-electron chi connectivity index (χ2n) is 4.82. The molecule has 0 saturated heterocycles. The molecule has 0 bridgehead atoms. The van der Waals surface area contributed by atoms with Crippen LogP contribution in [0.1, 0.15) is 13.8 Å². The lowest BCUT2D eigenvalue weighted by molar-refractivity contribution is -0.139. The standard InChI is InChI=1S/C17H17NO4/c1-12(17(20)21)18(13(2)19)14-7-6-10-16(11-14)22-15-8-4-3-5-9-15/h3-12H,1-2H3,(H,20,21). The van der Waals surface area contributed by atoms with E-state index in [0.717, 1.165) is 0 Å². The highest BCUT2D eigenvalue weighted by molar-refractivity contribution is 5.97. The van der Waals surface area contributed by atoms with Crippen LogP contribution < -0.4 is 9.64 Å². The van der Waals surface area contributed by atoms with E-state index in [1.807, 2.05) is 30.3 Å². The molecule has 1 N–H and O–H groups in total. The van der Waals surface area contributed by atoms with Gasteiger partial charge in [-0.2, -0.15) is 0 Å². The Kier molecular flexibility index (Phi) is 4.78. The van der Waals surface area contributed by atoms with E-state index in [1.54, 1.807) is 24.3 Å².